The molecule has 2 rings (SSSR count). The van der Waals surface area contributed by atoms with Gasteiger partial charge in [-0.15, -0.1) is 0 Å². The maximum atomic E-state index is 11.2. The summed E-state index contributed by atoms with van der Waals surface area (Å²) >= 11 is 0. The van der Waals surface area contributed by atoms with Crippen molar-refractivity contribution in [1.29, 1.82) is 0 Å². The molecule has 1 heterocycles. The molecule has 0 aliphatic rings. The molecule has 17 heavy (non-hydrogen) atoms. The van der Waals surface area contributed by atoms with Crippen molar-refractivity contribution in [1.82, 2.24) is 4.98 Å². The van der Waals surface area contributed by atoms with Crippen LogP contribution in [0.2, 0.25) is 0 Å². The summed E-state index contributed by atoms with van der Waals surface area (Å²) < 4.78 is 0. The minimum atomic E-state index is -1.04. The molecular formula is C13H11NO3. The van der Waals surface area contributed by atoms with Crippen LogP contribution in [0.25, 0.3) is 0 Å². The molecule has 0 aliphatic carbocycles. The fourth-order valence-electron chi connectivity index (χ4n) is 1.67. The minimum Gasteiger partial charge on any atom is -0.478 e. The number of hydrogen-bond donors (Lipinski definition) is 2. The maximum absolute atomic E-state index is 11.2. The van der Waals surface area contributed by atoms with Crippen LogP contribution in [0.3, 0.4) is 0 Å². The predicted molar refractivity (Wildman–Crippen MR) is 63.3 cm³/mol. The summed E-state index contributed by atoms with van der Waals surface area (Å²) in [5.74, 6) is -1.04. The van der Waals surface area contributed by atoms with Crippen molar-refractivity contribution in [2.45, 2.75) is 6.42 Å². The van der Waals surface area contributed by atoms with Gasteiger partial charge >= 0.3 is 5.97 Å². The fourth-order valence-corrected chi connectivity index (χ4v) is 1.67. The van der Waals surface area contributed by atoms with Gasteiger partial charge in [0.15, 0.2) is 0 Å². The highest BCUT2D eigenvalue weighted by Crippen LogP contribution is 2.11. The Morgan fingerprint density at radius 2 is 1.94 bits per heavy atom. The summed E-state index contributed by atoms with van der Waals surface area (Å²) in [7, 11) is 0. The molecular weight excluding hydrogens is 218 g/mol. The Bertz CT molecular complexity index is 587. The molecule has 4 heteroatoms. The molecule has 0 aliphatic heterocycles. The van der Waals surface area contributed by atoms with E-state index < -0.39 is 5.97 Å². The van der Waals surface area contributed by atoms with E-state index in [4.69, 9.17) is 5.11 Å². The topological polar surface area (TPSA) is 70.2 Å². The largest absolute Gasteiger partial charge is 0.478 e. The average molecular weight is 229 g/mol. The van der Waals surface area contributed by atoms with Crippen LogP contribution < -0.4 is 5.56 Å². The lowest BCUT2D eigenvalue weighted by molar-refractivity contribution is 0.0695. The van der Waals surface area contributed by atoms with Gasteiger partial charge in [-0.25, -0.2) is 4.79 Å². The standard InChI is InChI=1S/C13H11NO3/c15-12-7-10(11(8-14-12)13(16)17)6-9-4-2-1-3-5-9/h1-5,7-8H,6H2,(H,14,15)(H,16,17). The van der Waals surface area contributed by atoms with E-state index in [-0.39, 0.29) is 11.1 Å². The zero-order valence-corrected chi connectivity index (χ0v) is 9.01. The van der Waals surface area contributed by atoms with E-state index in [0.29, 0.717) is 12.0 Å². The van der Waals surface area contributed by atoms with E-state index in [1.165, 1.54) is 12.3 Å². The highest BCUT2D eigenvalue weighted by Gasteiger charge is 2.10. The van der Waals surface area contributed by atoms with Gasteiger partial charge in [0.2, 0.25) is 5.56 Å². The fraction of sp³-hybridized carbons (Fsp3) is 0.0769. The predicted octanol–water partition coefficient (Wildman–Crippen LogP) is 1.66. The number of nitrogens with one attached hydrogen (secondary N) is 1. The van der Waals surface area contributed by atoms with E-state index in [1.54, 1.807) is 0 Å². The number of carboxylic acid groups (broad SMARTS) is 1. The molecule has 1 aromatic heterocycles. The quantitative estimate of drug-likeness (QED) is 0.840. The molecule has 0 saturated heterocycles. The molecule has 0 radical (unpaired) electrons. The van der Waals surface area contributed by atoms with E-state index in [0.717, 1.165) is 5.56 Å². The van der Waals surface area contributed by atoms with Crippen molar-refractivity contribution >= 4 is 5.97 Å². The Morgan fingerprint density at radius 3 is 2.59 bits per heavy atom. The average Bonchev–Trinajstić information content (AvgIpc) is 2.30. The van der Waals surface area contributed by atoms with Crippen LogP contribution in [0.15, 0.2) is 47.4 Å². The number of aromatic carboxylic acids is 1. The zero-order valence-electron chi connectivity index (χ0n) is 9.01. The summed E-state index contributed by atoms with van der Waals surface area (Å²) in [4.78, 5) is 24.6. The number of carboxylic acids is 1. The van der Waals surface area contributed by atoms with Crippen molar-refractivity contribution in [3.8, 4) is 0 Å². The van der Waals surface area contributed by atoms with Gasteiger partial charge in [0.25, 0.3) is 0 Å². The molecule has 2 N–H and O–H groups in total. The molecule has 4 nitrogen and oxygen atoms in total. The highest BCUT2D eigenvalue weighted by molar-refractivity contribution is 5.89. The Balaban J connectivity index is 2.41. The van der Waals surface area contributed by atoms with Crippen LogP contribution in [0.1, 0.15) is 21.5 Å². The number of benzene rings is 1. The van der Waals surface area contributed by atoms with Crippen molar-refractivity contribution in [2.75, 3.05) is 0 Å². The molecule has 1 aromatic carbocycles. The third-order valence-corrected chi connectivity index (χ3v) is 2.48. The number of pyridine rings is 1. The molecule has 0 bridgehead atoms. The normalized spacial score (nSPS) is 10.1. The van der Waals surface area contributed by atoms with Gasteiger partial charge in [0, 0.05) is 12.3 Å². The first-order chi connectivity index (χ1) is 8.16. The van der Waals surface area contributed by atoms with Gasteiger partial charge in [-0.05, 0) is 17.5 Å². The van der Waals surface area contributed by atoms with Gasteiger partial charge in [-0.3, -0.25) is 4.79 Å². The number of aromatic amines is 1. The lowest BCUT2D eigenvalue weighted by atomic mass is 10.0. The lowest BCUT2D eigenvalue weighted by Gasteiger charge is -2.05. The first kappa shape index (κ1) is 11.1. The number of carbonyl (C=O) groups is 1. The molecule has 0 saturated carbocycles. The van der Waals surface area contributed by atoms with Gasteiger partial charge < -0.3 is 10.1 Å². The van der Waals surface area contributed by atoms with Crippen molar-refractivity contribution in [2.24, 2.45) is 0 Å². The van der Waals surface area contributed by atoms with Crippen molar-refractivity contribution < 1.29 is 9.90 Å². The van der Waals surface area contributed by atoms with Gasteiger partial charge in [0.05, 0.1) is 5.56 Å². The smallest absolute Gasteiger partial charge is 0.337 e. The van der Waals surface area contributed by atoms with Gasteiger partial charge in [-0.1, -0.05) is 30.3 Å². The molecule has 2 aromatic rings. The van der Waals surface area contributed by atoms with E-state index in [1.807, 2.05) is 30.3 Å². The second kappa shape index (κ2) is 4.65. The van der Waals surface area contributed by atoms with Crippen molar-refractivity contribution in [3.05, 3.63) is 69.6 Å². The van der Waals surface area contributed by atoms with Gasteiger partial charge in [0.1, 0.15) is 0 Å². The second-order valence-corrected chi connectivity index (χ2v) is 3.70. The number of H-pyrrole nitrogens is 1. The Kier molecular flexibility index (Phi) is 3.05. The van der Waals surface area contributed by atoms with Crippen LogP contribution in [-0.4, -0.2) is 16.1 Å². The summed E-state index contributed by atoms with van der Waals surface area (Å²) in [6.45, 7) is 0. The van der Waals surface area contributed by atoms with Crippen LogP contribution in [0.5, 0.6) is 0 Å². The summed E-state index contributed by atoms with van der Waals surface area (Å²) in [5.41, 5.74) is 1.34. The number of aromatic nitrogens is 1. The number of hydrogen-bond acceptors (Lipinski definition) is 2. The Morgan fingerprint density at radius 1 is 1.24 bits per heavy atom. The summed E-state index contributed by atoms with van der Waals surface area (Å²) in [6, 6.07) is 10.8. The number of rotatable bonds is 3. The third-order valence-electron chi connectivity index (χ3n) is 2.48. The Hall–Kier alpha value is -2.36. The molecule has 0 unspecified atom stereocenters. The van der Waals surface area contributed by atoms with E-state index in [2.05, 4.69) is 4.98 Å². The minimum absolute atomic E-state index is 0.133. The Labute approximate surface area is 97.6 Å². The molecule has 0 spiro atoms. The first-order valence-electron chi connectivity index (χ1n) is 5.15. The van der Waals surface area contributed by atoms with Crippen LogP contribution in [0.4, 0.5) is 0 Å². The summed E-state index contributed by atoms with van der Waals surface area (Å²) in [5, 5.41) is 9.01. The van der Waals surface area contributed by atoms with Crippen molar-refractivity contribution in [3.63, 3.8) is 0 Å². The van der Waals surface area contributed by atoms with Gasteiger partial charge in [-0.2, -0.15) is 0 Å². The molecule has 0 amide bonds. The lowest BCUT2D eigenvalue weighted by Crippen LogP contribution is -2.12. The van der Waals surface area contributed by atoms with Crippen LogP contribution in [-0.2, 0) is 6.42 Å². The molecule has 86 valence electrons. The van der Waals surface area contributed by atoms with E-state index >= 15 is 0 Å². The highest BCUT2D eigenvalue weighted by atomic mass is 16.4. The molecule has 0 fully saturated rings. The molecule has 0 atom stereocenters. The zero-order chi connectivity index (χ0) is 12.3. The van der Waals surface area contributed by atoms with Crippen LogP contribution in [0, 0.1) is 0 Å². The SMILES string of the molecule is O=C(O)c1c[nH]c(=O)cc1Cc1ccccc1. The second-order valence-electron chi connectivity index (χ2n) is 3.70. The maximum Gasteiger partial charge on any atom is 0.337 e. The first-order valence-corrected chi connectivity index (χ1v) is 5.15. The summed E-state index contributed by atoms with van der Waals surface area (Å²) in [6.07, 6.45) is 1.68. The van der Waals surface area contributed by atoms with E-state index in [9.17, 15) is 9.59 Å². The monoisotopic (exact) mass is 229 g/mol. The third kappa shape index (κ3) is 2.60. The van der Waals surface area contributed by atoms with Crippen LogP contribution >= 0.6 is 0 Å².